The van der Waals surface area contributed by atoms with E-state index in [1.54, 1.807) is 0 Å². The molecule has 1 fully saturated rings. The van der Waals surface area contributed by atoms with Crippen LogP contribution in [-0.4, -0.2) is 47.6 Å². The number of nitrogens with zero attached hydrogens (tertiary/aromatic N) is 2. The van der Waals surface area contributed by atoms with E-state index in [0.717, 1.165) is 23.6 Å². The molecule has 5 heteroatoms. The highest BCUT2D eigenvalue weighted by Crippen LogP contribution is 2.25. The van der Waals surface area contributed by atoms with E-state index >= 15 is 0 Å². The maximum Gasteiger partial charge on any atom is 0.129 e. The van der Waals surface area contributed by atoms with E-state index < -0.39 is 0 Å². The van der Waals surface area contributed by atoms with Gasteiger partial charge in [-0.3, -0.25) is 0 Å². The van der Waals surface area contributed by atoms with Crippen LogP contribution in [0.5, 0.6) is 0 Å². The standard InChI is InChI=1S/C15H24N2O3/c1-15(2,3)13-6-11(9-18)7-14(16-13)17-4-5-20-12(8-17)10-19/h6-7,12,18-19H,4-5,8-10H2,1-3H3. The molecule has 1 aliphatic heterocycles. The molecule has 5 nitrogen and oxygen atoms in total. The van der Waals surface area contributed by atoms with Gasteiger partial charge < -0.3 is 19.8 Å². The molecule has 0 radical (unpaired) electrons. The first kappa shape index (κ1) is 15.2. The zero-order valence-corrected chi connectivity index (χ0v) is 12.5. The zero-order valence-electron chi connectivity index (χ0n) is 12.5. The molecule has 0 bridgehead atoms. The molecular formula is C15H24N2O3. The van der Waals surface area contributed by atoms with Crippen molar-refractivity contribution in [2.24, 2.45) is 0 Å². The lowest BCUT2D eigenvalue weighted by Gasteiger charge is -2.34. The van der Waals surface area contributed by atoms with Crippen molar-refractivity contribution in [2.75, 3.05) is 31.2 Å². The van der Waals surface area contributed by atoms with Crippen molar-refractivity contribution >= 4 is 5.82 Å². The highest BCUT2D eigenvalue weighted by atomic mass is 16.5. The Bertz CT molecular complexity index is 457. The van der Waals surface area contributed by atoms with Gasteiger partial charge in [0, 0.05) is 24.2 Å². The minimum atomic E-state index is -0.165. The number of aliphatic hydroxyl groups is 2. The lowest BCUT2D eigenvalue weighted by Crippen LogP contribution is -2.44. The van der Waals surface area contributed by atoms with Crippen LogP contribution in [0, 0.1) is 0 Å². The highest BCUT2D eigenvalue weighted by Gasteiger charge is 2.23. The van der Waals surface area contributed by atoms with Crippen molar-refractivity contribution in [2.45, 2.75) is 38.9 Å². The quantitative estimate of drug-likeness (QED) is 0.867. The van der Waals surface area contributed by atoms with Crippen molar-refractivity contribution in [3.8, 4) is 0 Å². The lowest BCUT2D eigenvalue weighted by molar-refractivity contribution is 0.00334. The minimum Gasteiger partial charge on any atom is -0.394 e. The minimum absolute atomic E-state index is 0.00632. The number of aromatic nitrogens is 1. The van der Waals surface area contributed by atoms with Gasteiger partial charge in [0.15, 0.2) is 0 Å². The molecule has 2 N–H and O–H groups in total. The van der Waals surface area contributed by atoms with E-state index in [1.165, 1.54) is 0 Å². The number of ether oxygens (including phenoxy) is 1. The summed E-state index contributed by atoms with van der Waals surface area (Å²) in [5.41, 5.74) is 1.76. The molecule has 1 atom stereocenters. The Morgan fingerprint density at radius 2 is 2.10 bits per heavy atom. The van der Waals surface area contributed by atoms with Crippen molar-refractivity contribution in [3.63, 3.8) is 0 Å². The van der Waals surface area contributed by atoms with E-state index in [9.17, 15) is 10.2 Å². The van der Waals surface area contributed by atoms with Crippen LogP contribution >= 0.6 is 0 Å². The number of aliphatic hydroxyl groups excluding tert-OH is 2. The molecular weight excluding hydrogens is 256 g/mol. The van der Waals surface area contributed by atoms with E-state index in [0.29, 0.717) is 13.2 Å². The van der Waals surface area contributed by atoms with E-state index in [2.05, 4.69) is 25.7 Å². The Labute approximate surface area is 120 Å². The third-order valence-corrected chi connectivity index (χ3v) is 3.49. The van der Waals surface area contributed by atoms with Crippen LogP contribution in [0.3, 0.4) is 0 Å². The first-order chi connectivity index (χ1) is 9.44. The molecule has 20 heavy (non-hydrogen) atoms. The number of rotatable bonds is 3. The Morgan fingerprint density at radius 1 is 1.35 bits per heavy atom. The molecule has 0 aliphatic carbocycles. The van der Waals surface area contributed by atoms with Gasteiger partial charge in [-0.05, 0) is 17.7 Å². The number of hydrogen-bond donors (Lipinski definition) is 2. The second-order valence-corrected chi connectivity index (χ2v) is 6.25. The van der Waals surface area contributed by atoms with E-state index in [1.807, 2.05) is 12.1 Å². The Hall–Kier alpha value is -1.17. The van der Waals surface area contributed by atoms with Gasteiger partial charge in [0.25, 0.3) is 0 Å². The second kappa shape index (κ2) is 6.08. The smallest absolute Gasteiger partial charge is 0.129 e. The summed E-state index contributed by atoms with van der Waals surface area (Å²) in [6.07, 6.45) is -0.165. The Kier molecular flexibility index (Phi) is 4.62. The van der Waals surface area contributed by atoms with Crippen LogP contribution in [0.4, 0.5) is 5.82 Å². The van der Waals surface area contributed by atoms with Gasteiger partial charge in [-0.2, -0.15) is 0 Å². The molecule has 1 aromatic heterocycles. The SMILES string of the molecule is CC(C)(C)c1cc(CO)cc(N2CCOC(CO)C2)n1. The summed E-state index contributed by atoms with van der Waals surface area (Å²) >= 11 is 0. The average Bonchev–Trinajstić information content (AvgIpc) is 2.46. The van der Waals surface area contributed by atoms with Crippen molar-refractivity contribution in [3.05, 3.63) is 23.4 Å². The van der Waals surface area contributed by atoms with Crippen LogP contribution in [0.1, 0.15) is 32.0 Å². The predicted octanol–water partition coefficient (Wildman–Crippen LogP) is 1.07. The molecule has 1 aliphatic rings. The monoisotopic (exact) mass is 280 g/mol. The normalized spacial score (nSPS) is 20.2. The molecule has 0 spiro atoms. The summed E-state index contributed by atoms with van der Waals surface area (Å²) in [6, 6.07) is 3.86. The summed E-state index contributed by atoms with van der Waals surface area (Å²) < 4.78 is 5.46. The molecule has 0 saturated carbocycles. The summed E-state index contributed by atoms with van der Waals surface area (Å²) in [6.45, 7) is 8.31. The molecule has 1 unspecified atom stereocenters. The molecule has 1 aromatic rings. The van der Waals surface area contributed by atoms with Crippen LogP contribution in [0.25, 0.3) is 0 Å². The molecule has 0 aromatic carbocycles. The first-order valence-corrected chi connectivity index (χ1v) is 7.03. The molecule has 2 heterocycles. The third kappa shape index (κ3) is 3.48. The van der Waals surface area contributed by atoms with Gasteiger partial charge >= 0.3 is 0 Å². The van der Waals surface area contributed by atoms with Gasteiger partial charge in [-0.1, -0.05) is 20.8 Å². The maximum absolute atomic E-state index is 9.44. The van der Waals surface area contributed by atoms with Crippen LogP contribution in [0.15, 0.2) is 12.1 Å². The highest BCUT2D eigenvalue weighted by molar-refractivity contribution is 5.44. The lowest BCUT2D eigenvalue weighted by atomic mass is 9.91. The Balaban J connectivity index is 2.30. The molecule has 1 saturated heterocycles. The maximum atomic E-state index is 9.44. The number of anilines is 1. The molecule has 0 amide bonds. The second-order valence-electron chi connectivity index (χ2n) is 6.25. The zero-order chi connectivity index (χ0) is 14.8. The summed E-state index contributed by atoms with van der Waals surface area (Å²) in [7, 11) is 0. The number of pyridine rings is 1. The average molecular weight is 280 g/mol. The van der Waals surface area contributed by atoms with Gasteiger partial charge in [0.2, 0.25) is 0 Å². The van der Waals surface area contributed by atoms with Crippen LogP contribution in [0.2, 0.25) is 0 Å². The van der Waals surface area contributed by atoms with Crippen molar-refractivity contribution in [1.29, 1.82) is 0 Å². The Morgan fingerprint density at radius 3 is 2.70 bits per heavy atom. The number of hydrogen-bond acceptors (Lipinski definition) is 5. The van der Waals surface area contributed by atoms with Crippen molar-refractivity contribution < 1.29 is 14.9 Å². The van der Waals surface area contributed by atoms with Gasteiger partial charge in [-0.15, -0.1) is 0 Å². The fourth-order valence-corrected chi connectivity index (χ4v) is 2.25. The summed E-state index contributed by atoms with van der Waals surface area (Å²) in [5.74, 6) is 0.850. The van der Waals surface area contributed by atoms with E-state index in [4.69, 9.17) is 9.72 Å². The summed E-state index contributed by atoms with van der Waals surface area (Å²) in [5, 5.41) is 18.7. The largest absolute Gasteiger partial charge is 0.394 e. The fraction of sp³-hybridized carbons (Fsp3) is 0.667. The van der Waals surface area contributed by atoms with Crippen LogP contribution in [-0.2, 0) is 16.8 Å². The fourth-order valence-electron chi connectivity index (χ4n) is 2.25. The third-order valence-electron chi connectivity index (χ3n) is 3.49. The molecule has 112 valence electrons. The first-order valence-electron chi connectivity index (χ1n) is 7.03. The summed E-state index contributed by atoms with van der Waals surface area (Å²) in [4.78, 5) is 6.83. The van der Waals surface area contributed by atoms with Gasteiger partial charge in [0.05, 0.1) is 25.9 Å². The van der Waals surface area contributed by atoms with Crippen LogP contribution < -0.4 is 4.90 Å². The predicted molar refractivity (Wildman–Crippen MR) is 77.9 cm³/mol. The van der Waals surface area contributed by atoms with E-state index in [-0.39, 0.29) is 24.7 Å². The topological polar surface area (TPSA) is 65.8 Å². The van der Waals surface area contributed by atoms with Gasteiger partial charge in [0.1, 0.15) is 5.82 Å². The van der Waals surface area contributed by atoms with Gasteiger partial charge in [-0.25, -0.2) is 4.98 Å². The van der Waals surface area contributed by atoms with Crippen molar-refractivity contribution in [1.82, 2.24) is 4.98 Å². The molecule has 2 rings (SSSR count). The number of morpholine rings is 1.